The Labute approximate surface area is 127 Å². The number of likely N-dealkylation sites (tertiary alicyclic amines) is 1. The quantitative estimate of drug-likeness (QED) is 0.781. The van der Waals surface area contributed by atoms with E-state index in [-0.39, 0.29) is 18.0 Å². The van der Waals surface area contributed by atoms with Crippen LogP contribution in [0.25, 0.3) is 0 Å². The van der Waals surface area contributed by atoms with E-state index in [0.717, 1.165) is 38.9 Å². The van der Waals surface area contributed by atoms with Crippen LogP contribution in [0.1, 0.15) is 40.0 Å². The monoisotopic (exact) mass is 299 g/mol. The highest BCUT2D eigenvalue weighted by Gasteiger charge is 2.30. The van der Waals surface area contributed by atoms with Gasteiger partial charge < -0.3 is 20.2 Å². The Morgan fingerprint density at radius 1 is 1.33 bits per heavy atom. The number of carbonyl (C=O) groups excluding carboxylic acids is 1. The molecule has 2 atom stereocenters. The molecule has 0 aliphatic carbocycles. The maximum absolute atomic E-state index is 12.3. The van der Waals surface area contributed by atoms with Gasteiger partial charge in [-0.25, -0.2) is 9.59 Å². The Bertz CT molecular complexity index is 354. The van der Waals surface area contributed by atoms with Gasteiger partial charge in [0.05, 0.1) is 0 Å². The second-order valence-corrected chi connectivity index (χ2v) is 5.93. The zero-order chi connectivity index (χ0) is 16.0. The fraction of sp³-hybridized carbons (Fsp3) is 0.867. The molecule has 1 aliphatic rings. The van der Waals surface area contributed by atoms with Crippen molar-refractivity contribution in [3.8, 4) is 0 Å². The first-order valence-electron chi connectivity index (χ1n) is 7.89. The first-order valence-corrected chi connectivity index (χ1v) is 7.89. The van der Waals surface area contributed by atoms with Gasteiger partial charge in [-0.05, 0) is 25.3 Å². The molecule has 122 valence electrons. The minimum absolute atomic E-state index is 0.0817. The van der Waals surface area contributed by atoms with Gasteiger partial charge in [0.15, 0.2) is 0 Å². The topological polar surface area (TPSA) is 72.9 Å². The van der Waals surface area contributed by atoms with Gasteiger partial charge in [0.25, 0.3) is 0 Å². The standard InChI is InChI=1S/C15H29N3O3/c1-5-11(3)13(14(19)20)16-15(21)17(4)12-7-9-18(6-2)10-8-12/h11-13H,5-10H2,1-4H3,(H,16,21)(H,19,20). The largest absolute Gasteiger partial charge is 0.480 e. The molecule has 6 heteroatoms. The van der Waals surface area contributed by atoms with Crippen molar-refractivity contribution in [2.24, 2.45) is 5.92 Å². The maximum Gasteiger partial charge on any atom is 0.326 e. The summed E-state index contributed by atoms with van der Waals surface area (Å²) < 4.78 is 0. The van der Waals surface area contributed by atoms with Crippen molar-refractivity contribution in [3.05, 3.63) is 0 Å². The van der Waals surface area contributed by atoms with E-state index in [9.17, 15) is 14.7 Å². The second-order valence-electron chi connectivity index (χ2n) is 5.93. The van der Waals surface area contributed by atoms with Crippen LogP contribution in [0.4, 0.5) is 4.79 Å². The van der Waals surface area contributed by atoms with Crippen molar-refractivity contribution < 1.29 is 14.7 Å². The summed E-state index contributed by atoms with van der Waals surface area (Å²) in [5.41, 5.74) is 0. The van der Waals surface area contributed by atoms with Gasteiger partial charge in [0, 0.05) is 26.2 Å². The first kappa shape index (κ1) is 17.8. The molecule has 0 spiro atoms. The first-order chi connectivity index (χ1) is 9.90. The lowest BCUT2D eigenvalue weighted by molar-refractivity contribution is -0.140. The number of carboxylic acids is 1. The number of urea groups is 1. The molecular formula is C15H29N3O3. The fourth-order valence-corrected chi connectivity index (χ4v) is 2.71. The SMILES string of the molecule is CCC(C)C(NC(=O)N(C)C1CCN(CC)CC1)C(=O)O. The van der Waals surface area contributed by atoms with E-state index in [0.29, 0.717) is 0 Å². The number of piperidine rings is 1. The van der Waals surface area contributed by atoms with Crippen molar-refractivity contribution in [1.82, 2.24) is 15.1 Å². The summed E-state index contributed by atoms with van der Waals surface area (Å²) in [5.74, 6) is -1.05. The lowest BCUT2D eigenvalue weighted by atomic mass is 9.99. The van der Waals surface area contributed by atoms with Crippen LogP contribution < -0.4 is 5.32 Å². The number of rotatable bonds is 6. The Hall–Kier alpha value is -1.30. The van der Waals surface area contributed by atoms with Gasteiger partial charge in [-0.3, -0.25) is 0 Å². The summed E-state index contributed by atoms with van der Waals surface area (Å²) >= 11 is 0. The third-order valence-corrected chi connectivity index (χ3v) is 4.63. The highest BCUT2D eigenvalue weighted by Crippen LogP contribution is 2.16. The molecule has 2 N–H and O–H groups in total. The highest BCUT2D eigenvalue weighted by atomic mass is 16.4. The molecule has 2 amide bonds. The molecule has 1 rings (SSSR count). The van der Waals surface area contributed by atoms with Crippen LogP contribution in [-0.2, 0) is 4.79 Å². The van der Waals surface area contributed by atoms with Crippen LogP contribution in [0.15, 0.2) is 0 Å². The van der Waals surface area contributed by atoms with E-state index in [1.807, 2.05) is 13.8 Å². The van der Waals surface area contributed by atoms with Gasteiger partial charge in [0.1, 0.15) is 6.04 Å². The predicted octanol–water partition coefficient (Wildman–Crippen LogP) is 1.61. The average Bonchev–Trinajstić information content (AvgIpc) is 2.50. The van der Waals surface area contributed by atoms with E-state index < -0.39 is 12.0 Å². The summed E-state index contributed by atoms with van der Waals surface area (Å²) in [7, 11) is 1.76. The number of amides is 2. The molecule has 2 unspecified atom stereocenters. The minimum atomic E-state index is -0.966. The highest BCUT2D eigenvalue weighted by molar-refractivity contribution is 5.82. The summed E-state index contributed by atoms with van der Waals surface area (Å²) in [6.07, 6.45) is 2.60. The van der Waals surface area contributed by atoms with Gasteiger partial charge in [-0.15, -0.1) is 0 Å². The van der Waals surface area contributed by atoms with Gasteiger partial charge in [-0.1, -0.05) is 27.2 Å². The van der Waals surface area contributed by atoms with E-state index in [1.165, 1.54) is 0 Å². The molecule has 0 radical (unpaired) electrons. The Kier molecular flexibility index (Phi) is 6.95. The van der Waals surface area contributed by atoms with Crippen LogP contribution in [0.3, 0.4) is 0 Å². The molecule has 1 saturated heterocycles. The molecule has 0 aromatic rings. The van der Waals surface area contributed by atoms with Crippen LogP contribution >= 0.6 is 0 Å². The van der Waals surface area contributed by atoms with Crippen molar-refractivity contribution in [2.45, 2.75) is 52.1 Å². The zero-order valence-corrected chi connectivity index (χ0v) is 13.6. The summed E-state index contributed by atoms with van der Waals surface area (Å²) in [5, 5.41) is 11.9. The summed E-state index contributed by atoms with van der Waals surface area (Å²) in [6, 6.07) is -0.905. The average molecular weight is 299 g/mol. The number of hydrogen-bond acceptors (Lipinski definition) is 3. The lowest BCUT2D eigenvalue weighted by Gasteiger charge is -2.37. The zero-order valence-electron chi connectivity index (χ0n) is 13.6. The number of nitrogens with zero attached hydrogens (tertiary/aromatic N) is 2. The van der Waals surface area contributed by atoms with Crippen molar-refractivity contribution in [1.29, 1.82) is 0 Å². The fourth-order valence-electron chi connectivity index (χ4n) is 2.71. The number of carbonyl (C=O) groups is 2. The van der Waals surface area contributed by atoms with E-state index >= 15 is 0 Å². The molecule has 0 saturated carbocycles. The van der Waals surface area contributed by atoms with E-state index in [4.69, 9.17) is 0 Å². The van der Waals surface area contributed by atoms with Crippen LogP contribution in [0, 0.1) is 5.92 Å². The summed E-state index contributed by atoms with van der Waals surface area (Å²) in [4.78, 5) is 27.6. The van der Waals surface area contributed by atoms with E-state index in [1.54, 1.807) is 11.9 Å². The van der Waals surface area contributed by atoms with Crippen molar-refractivity contribution >= 4 is 12.0 Å². The van der Waals surface area contributed by atoms with Gasteiger partial charge in [-0.2, -0.15) is 0 Å². The van der Waals surface area contributed by atoms with Crippen molar-refractivity contribution in [2.75, 3.05) is 26.7 Å². The molecule has 0 aromatic carbocycles. The van der Waals surface area contributed by atoms with E-state index in [2.05, 4.69) is 17.1 Å². The number of aliphatic carboxylic acids is 1. The molecule has 0 bridgehead atoms. The van der Waals surface area contributed by atoms with Gasteiger partial charge in [0.2, 0.25) is 0 Å². The molecule has 1 heterocycles. The van der Waals surface area contributed by atoms with Crippen LogP contribution in [0.5, 0.6) is 0 Å². The van der Waals surface area contributed by atoms with Crippen LogP contribution in [0.2, 0.25) is 0 Å². The second kappa shape index (κ2) is 8.22. The van der Waals surface area contributed by atoms with Crippen molar-refractivity contribution in [3.63, 3.8) is 0 Å². The van der Waals surface area contributed by atoms with Gasteiger partial charge >= 0.3 is 12.0 Å². The molecule has 1 aliphatic heterocycles. The number of carboxylic acid groups (broad SMARTS) is 1. The Balaban J connectivity index is 2.55. The number of nitrogens with one attached hydrogen (secondary N) is 1. The molecule has 1 fully saturated rings. The molecular weight excluding hydrogens is 270 g/mol. The molecule has 6 nitrogen and oxygen atoms in total. The normalized spacial score (nSPS) is 19.8. The van der Waals surface area contributed by atoms with Crippen LogP contribution in [-0.4, -0.2) is 65.7 Å². The Morgan fingerprint density at radius 3 is 2.33 bits per heavy atom. The molecule has 21 heavy (non-hydrogen) atoms. The smallest absolute Gasteiger partial charge is 0.326 e. The minimum Gasteiger partial charge on any atom is -0.480 e. The number of hydrogen-bond donors (Lipinski definition) is 2. The Morgan fingerprint density at radius 2 is 1.90 bits per heavy atom. The third kappa shape index (κ3) is 4.88. The maximum atomic E-state index is 12.3. The third-order valence-electron chi connectivity index (χ3n) is 4.63. The summed E-state index contributed by atoms with van der Waals surface area (Å²) in [6.45, 7) is 8.94. The molecule has 0 aromatic heterocycles. The lowest BCUT2D eigenvalue weighted by Crippen LogP contribution is -2.53. The predicted molar refractivity (Wildman–Crippen MR) is 82.3 cm³/mol.